The number of aromatic nitrogens is 2. The zero-order valence-corrected chi connectivity index (χ0v) is 13.3. The monoisotopic (exact) mass is 311 g/mol. The summed E-state index contributed by atoms with van der Waals surface area (Å²) in [7, 11) is -3.20. The Balaban J connectivity index is 2.01. The van der Waals surface area contributed by atoms with Gasteiger partial charge in [-0.15, -0.1) is 0 Å². The van der Waals surface area contributed by atoms with Crippen LogP contribution in [0.5, 0.6) is 0 Å². The zero-order valence-electron chi connectivity index (χ0n) is 12.5. The second-order valence-corrected chi connectivity index (χ2v) is 7.98. The maximum absolute atomic E-state index is 12.2. The summed E-state index contributed by atoms with van der Waals surface area (Å²) in [4.78, 5) is 8.83. The van der Waals surface area contributed by atoms with Crippen molar-refractivity contribution < 1.29 is 13.2 Å². The van der Waals surface area contributed by atoms with Crippen LogP contribution in [0, 0.1) is 6.92 Å². The van der Waals surface area contributed by atoms with E-state index in [0.717, 1.165) is 30.5 Å². The van der Waals surface area contributed by atoms with Crippen molar-refractivity contribution in [2.75, 3.05) is 25.4 Å². The highest BCUT2D eigenvalue weighted by atomic mass is 32.2. The van der Waals surface area contributed by atoms with Gasteiger partial charge < -0.3 is 4.74 Å². The fraction of sp³-hybridized carbons (Fsp3) is 0.714. The fourth-order valence-corrected chi connectivity index (χ4v) is 4.39. The van der Waals surface area contributed by atoms with Crippen LogP contribution in [0.3, 0.4) is 0 Å². The summed E-state index contributed by atoms with van der Waals surface area (Å²) in [6.07, 6.45) is 4.25. The third-order valence-corrected chi connectivity index (χ3v) is 6.17. The summed E-state index contributed by atoms with van der Waals surface area (Å²) in [6, 6.07) is 0. The molecule has 2 aliphatic rings. The first kappa shape index (κ1) is 14.9. The molecule has 2 aliphatic heterocycles. The molecule has 21 heavy (non-hydrogen) atoms. The molecule has 0 N–H and O–H groups in total. The van der Waals surface area contributed by atoms with Crippen molar-refractivity contribution >= 4 is 10.0 Å². The van der Waals surface area contributed by atoms with E-state index < -0.39 is 15.6 Å². The van der Waals surface area contributed by atoms with E-state index in [0.29, 0.717) is 25.5 Å². The van der Waals surface area contributed by atoms with Gasteiger partial charge in [-0.05, 0) is 38.7 Å². The van der Waals surface area contributed by atoms with Crippen molar-refractivity contribution in [3.63, 3.8) is 0 Å². The molecule has 0 bridgehead atoms. The number of rotatable bonds is 2. The first-order valence-electron chi connectivity index (χ1n) is 7.42. The number of hydrogen-bond acceptors (Lipinski definition) is 5. The molecule has 3 rings (SSSR count). The lowest BCUT2D eigenvalue weighted by Gasteiger charge is -2.44. The van der Waals surface area contributed by atoms with Gasteiger partial charge in [0, 0.05) is 19.3 Å². The Morgan fingerprint density at radius 3 is 3.05 bits per heavy atom. The maximum atomic E-state index is 12.2. The van der Waals surface area contributed by atoms with Crippen molar-refractivity contribution in [3.8, 4) is 0 Å². The average molecular weight is 311 g/mol. The first-order valence-corrected chi connectivity index (χ1v) is 9.02. The lowest BCUT2D eigenvalue weighted by molar-refractivity contribution is -0.0935. The van der Waals surface area contributed by atoms with Crippen LogP contribution in [-0.4, -0.2) is 48.1 Å². The van der Waals surface area contributed by atoms with Crippen LogP contribution >= 0.6 is 0 Å². The molecule has 1 saturated heterocycles. The summed E-state index contributed by atoms with van der Waals surface area (Å²) in [6.45, 7) is 5.07. The molecule has 0 aromatic carbocycles. The van der Waals surface area contributed by atoms with Gasteiger partial charge in [-0.3, -0.25) is 0 Å². The maximum Gasteiger partial charge on any atom is 0.213 e. The van der Waals surface area contributed by atoms with Crippen molar-refractivity contribution in [2.24, 2.45) is 0 Å². The summed E-state index contributed by atoms with van der Waals surface area (Å²) >= 11 is 0. The molecule has 0 radical (unpaired) electrons. The van der Waals surface area contributed by atoms with Crippen LogP contribution in [0.1, 0.15) is 36.8 Å². The summed E-state index contributed by atoms with van der Waals surface area (Å²) in [5.74, 6) is 0.827. The molecule has 0 saturated carbocycles. The van der Waals surface area contributed by atoms with E-state index in [4.69, 9.17) is 4.74 Å². The van der Waals surface area contributed by atoms with Crippen LogP contribution < -0.4 is 0 Å². The molecular weight excluding hydrogens is 290 g/mol. The Morgan fingerprint density at radius 1 is 1.48 bits per heavy atom. The van der Waals surface area contributed by atoms with E-state index in [-0.39, 0.29) is 5.75 Å². The number of nitrogens with zero attached hydrogens (tertiary/aromatic N) is 3. The van der Waals surface area contributed by atoms with Gasteiger partial charge in [0.25, 0.3) is 0 Å². The minimum absolute atomic E-state index is 0.124. The van der Waals surface area contributed by atoms with Crippen LogP contribution in [0.15, 0.2) is 6.20 Å². The molecule has 116 valence electrons. The van der Waals surface area contributed by atoms with Gasteiger partial charge in [0.15, 0.2) is 0 Å². The van der Waals surface area contributed by atoms with Gasteiger partial charge in [0.1, 0.15) is 11.4 Å². The zero-order chi connectivity index (χ0) is 15.1. The van der Waals surface area contributed by atoms with E-state index in [1.54, 1.807) is 11.2 Å². The van der Waals surface area contributed by atoms with Crippen LogP contribution in [0.2, 0.25) is 0 Å². The van der Waals surface area contributed by atoms with Crippen molar-refractivity contribution in [2.45, 2.75) is 38.7 Å². The molecule has 0 aliphatic carbocycles. The Bertz CT molecular complexity index is 647. The molecule has 1 spiro atoms. The fourth-order valence-electron chi connectivity index (χ4n) is 3.21. The predicted octanol–water partition coefficient (Wildman–Crippen LogP) is 0.999. The largest absolute Gasteiger partial charge is 0.367 e. The van der Waals surface area contributed by atoms with E-state index >= 15 is 0 Å². The molecule has 6 nitrogen and oxygen atoms in total. The highest BCUT2D eigenvalue weighted by Crippen LogP contribution is 2.39. The minimum Gasteiger partial charge on any atom is -0.367 e. The molecular formula is C14H21N3O3S. The SMILES string of the molecule is CCS(=O)(=O)N1CCCC2(C1)OCCc1cnc(C)nc12. The van der Waals surface area contributed by atoms with E-state index in [1.165, 1.54) is 0 Å². The third-order valence-electron chi connectivity index (χ3n) is 4.34. The van der Waals surface area contributed by atoms with Crippen LogP contribution in [-0.2, 0) is 26.8 Å². The molecule has 1 aromatic rings. The summed E-state index contributed by atoms with van der Waals surface area (Å²) < 4.78 is 32.0. The molecule has 1 unspecified atom stereocenters. The van der Waals surface area contributed by atoms with Crippen molar-refractivity contribution in [3.05, 3.63) is 23.3 Å². The Labute approximate surface area is 125 Å². The highest BCUT2D eigenvalue weighted by molar-refractivity contribution is 7.89. The molecule has 1 aromatic heterocycles. The Hall–Kier alpha value is -1.05. The highest BCUT2D eigenvalue weighted by Gasteiger charge is 2.45. The number of sulfonamides is 1. The van der Waals surface area contributed by atoms with Gasteiger partial charge in [-0.1, -0.05) is 0 Å². The van der Waals surface area contributed by atoms with Gasteiger partial charge in [-0.2, -0.15) is 4.31 Å². The summed E-state index contributed by atoms with van der Waals surface area (Å²) in [5, 5.41) is 0. The lowest BCUT2D eigenvalue weighted by Crippen LogP contribution is -2.52. The van der Waals surface area contributed by atoms with Gasteiger partial charge in [-0.25, -0.2) is 18.4 Å². The van der Waals surface area contributed by atoms with E-state index in [9.17, 15) is 8.42 Å². The van der Waals surface area contributed by atoms with Crippen LogP contribution in [0.25, 0.3) is 0 Å². The number of piperidine rings is 1. The van der Waals surface area contributed by atoms with Crippen molar-refractivity contribution in [1.82, 2.24) is 14.3 Å². The molecule has 1 atom stereocenters. The van der Waals surface area contributed by atoms with Gasteiger partial charge >= 0.3 is 0 Å². The predicted molar refractivity (Wildman–Crippen MR) is 78.4 cm³/mol. The topological polar surface area (TPSA) is 72.4 Å². The molecule has 7 heteroatoms. The average Bonchev–Trinajstić information content (AvgIpc) is 2.48. The number of fused-ring (bicyclic) bond motifs is 2. The first-order chi connectivity index (χ1) is 9.97. The standard InChI is InChI=1S/C14H21N3O3S/c1-3-21(18,19)17-7-4-6-14(10-17)13-12(5-8-20-14)9-15-11(2)16-13/h9H,3-8,10H2,1-2H3. The number of hydrogen-bond donors (Lipinski definition) is 0. The molecule has 1 fully saturated rings. The Morgan fingerprint density at radius 2 is 2.29 bits per heavy atom. The normalized spacial score (nSPS) is 26.8. The smallest absolute Gasteiger partial charge is 0.213 e. The molecule has 3 heterocycles. The van der Waals surface area contributed by atoms with E-state index in [2.05, 4.69) is 9.97 Å². The van der Waals surface area contributed by atoms with Gasteiger partial charge in [0.2, 0.25) is 10.0 Å². The lowest BCUT2D eigenvalue weighted by atomic mass is 9.85. The second-order valence-electron chi connectivity index (χ2n) is 5.72. The number of ether oxygens (including phenoxy) is 1. The van der Waals surface area contributed by atoms with Gasteiger partial charge in [0.05, 0.1) is 18.1 Å². The second kappa shape index (κ2) is 5.30. The quantitative estimate of drug-likeness (QED) is 0.815. The number of aryl methyl sites for hydroxylation is 1. The summed E-state index contributed by atoms with van der Waals surface area (Å²) in [5.41, 5.74) is 1.38. The van der Waals surface area contributed by atoms with Crippen LogP contribution in [0.4, 0.5) is 0 Å². The molecule has 0 amide bonds. The Kier molecular flexibility index (Phi) is 3.75. The third kappa shape index (κ3) is 2.58. The van der Waals surface area contributed by atoms with E-state index in [1.807, 2.05) is 13.1 Å². The minimum atomic E-state index is -3.20. The van der Waals surface area contributed by atoms with Crippen molar-refractivity contribution in [1.29, 1.82) is 0 Å².